The van der Waals surface area contributed by atoms with Gasteiger partial charge in [-0.05, 0) is 13.3 Å². The van der Waals surface area contributed by atoms with E-state index in [4.69, 9.17) is 4.74 Å². The molecule has 0 spiro atoms. The van der Waals surface area contributed by atoms with Gasteiger partial charge in [0.2, 0.25) is 0 Å². The van der Waals surface area contributed by atoms with Crippen LogP contribution in [0.15, 0.2) is 35.3 Å². The second-order valence-electron chi connectivity index (χ2n) is 5.68. The molecule has 1 saturated heterocycles. The topological polar surface area (TPSA) is 83.0 Å². The van der Waals surface area contributed by atoms with E-state index in [2.05, 4.69) is 20.5 Å². The lowest BCUT2D eigenvalue weighted by Gasteiger charge is -2.30. The zero-order chi connectivity index (χ0) is 17.9. The summed E-state index contributed by atoms with van der Waals surface area (Å²) < 4.78 is 4.86. The molecule has 25 heavy (non-hydrogen) atoms. The maximum Gasteiger partial charge on any atom is 0.342 e. The number of amides is 2. The number of hydrogen-bond donors (Lipinski definition) is 2. The van der Waals surface area contributed by atoms with Crippen LogP contribution in [0.3, 0.4) is 0 Å². The number of urea groups is 1. The largest absolute Gasteiger partial charge is 0.466 e. The Morgan fingerprint density at radius 2 is 1.96 bits per heavy atom. The third-order valence-electron chi connectivity index (χ3n) is 3.80. The molecular weight excluding hydrogens is 320 g/mol. The van der Waals surface area contributed by atoms with Crippen molar-refractivity contribution in [1.82, 2.24) is 15.5 Å². The lowest BCUT2D eigenvalue weighted by molar-refractivity contribution is -0.143. The number of carbonyl (C=O) groups is 2. The first-order valence-electron chi connectivity index (χ1n) is 8.74. The number of amidine groups is 1. The van der Waals surface area contributed by atoms with Gasteiger partial charge in [0.1, 0.15) is 5.84 Å². The first-order valence-corrected chi connectivity index (χ1v) is 8.74. The highest BCUT2D eigenvalue weighted by Gasteiger charge is 2.17. The number of carbonyl (C=O) groups excluding carboxylic acids is 2. The summed E-state index contributed by atoms with van der Waals surface area (Å²) in [4.78, 5) is 29.9. The van der Waals surface area contributed by atoms with Crippen LogP contribution in [0.25, 0.3) is 0 Å². The molecule has 1 aliphatic heterocycles. The number of esters is 1. The molecule has 7 heteroatoms. The van der Waals surface area contributed by atoms with Crippen LogP contribution in [0.5, 0.6) is 0 Å². The van der Waals surface area contributed by atoms with Gasteiger partial charge in [-0.25, -0.2) is 4.79 Å². The normalized spacial score (nSPS) is 14.9. The van der Waals surface area contributed by atoms with Gasteiger partial charge in [0.25, 0.3) is 0 Å². The van der Waals surface area contributed by atoms with E-state index in [1.54, 1.807) is 6.92 Å². The van der Waals surface area contributed by atoms with Crippen LogP contribution in [0, 0.1) is 0 Å². The average Bonchev–Trinajstić information content (AvgIpc) is 2.65. The van der Waals surface area contributed by atoms with Gasteiger partial charge >= 0.3 is 12.0 Å². The number of aliphatic imine (C=N–C) groups is 1. The van der Waals surface area contributed by atoms with E-state index in [0.717, 1.165) is 31.7 Å². The van der Waals surface area contributed by atoms with Gasteiger partial charge in [0, 0.05) is 44.7 Å². The van der Waals surface area contributed by atoms with Gasteiger partial charge in [-0.3, -0.25) is 4.79 Å². The molecule has 2 amide bonds. The minimum atomic E-state index is -0.388. The third-order valence-corrected chi connectivity index (χ3v) is 3.80. The van der Waals surface area contributed by atoms with Crippen molar-refractivity contribution in [2.75, 3.05) is 39.3 Å². The zero-order valence-corrected chi connectivity index (χ0v) is 14.7. The number of piperazine rings is 1. The van der Waals surface area contributed by atoms with Gasteiger partial charge in [0.15, 0.2) is 0 Å². The highest BCUT2D eigenvalue weighted by Crippen LogP contribution is 2.08. The summed E-state index contributed by atoms with van der Waals surface area (Å²) in [6, 6.07) is 9.33. The van der Waals surface area contributed by atoms with Crippen LogP contribution in [0.1, 0.15) is 25.3 Å². The first-order chi connectivity index (χ1) is 12.2. The van der Waals surface area contributed by atoms with Gasteiger partial charge < -0.3 is 20.3 Å². The second kappa shape index (κ2) is 10.5. The molecule has 0 aromatic heterocycles. The lowest BCUT2D eigenvalue weighted by Crippen LogP contribution is -2.47. The zero-order valence-electron chi connectivity index (χ0n) is 14.7. The monoisotopic (exact) mass is 346 g/mol. The van der Waals surface area contributed by atoms with E-state index in [-0.39, 0.29) is 12.0 Å². The summed E-state index contributed by atoms with van der Waals surface area (Å²) in [5.41, 5.74) is 0.922. The summed E-state index contributed by atoms with van der Waals surface area (Å²) in [7, 11) is 0. The van der Waals surface area contributed by atoms with Crippen molar-refractivity contribution in [3.8, 4) is 0 Å². The predicted octanol–water partition coefficient (Wildman–Crippen LogP) is 1.39. The Morgan fingerprint density at radius 1 is 1.24 bits per heavy atom. The van der Waals surface area contributed by atoms with E-state index in [1.807, 2.05) is 30.3 Å². The molecule has 2 rings (SSSR count). The molecule has 1 aromatic rings. The Hall–Kier alpha value is -2.41. The van der Waals surface area contributed by atoms with Crippen LogP contribution >= 0.6 is 0 Å². The number of rotatable bonds is 6. The maximum atomic E-state index is 12.2. The fourth-order valence-electron chi connectivity index (χ4n) is 2.58. The number of nitrogens with zero attached hydrogens (tertiary/aromatic N) is 2. The highest BCUT2D eigenvalue weighted by atomic mass is 16.5. The molecule has 0 radical (unpaired) electrons. The van der Waals surface area contributed by atoms with E-state index in [9.17, 15) is 9.59 Å². The van der Waals surface area contributed by atoms with Gasteiger partial charge in [-0.15, -0.1) is 0 Å². The van der Waals surface area contributed by atoms with E-state index in [0.29, 0.717) is 31.8 Å². The molecule has 1 aromatic carbocycles. The lowest BCUT2D eigenvalue weighted by atomic mass is 10.2. The number of ether oxygens (including phenoxy) is 1. The first kappa shape index (κ1) is 18.9. The molecule has 1 fully saturated rings. The molecule has 136 valence electrons. The van der Waals surface area contributed by atoms with Gasteiger partial charge in [0.05, 0.1) is 6.61 Å². The fourth-order valence-corrected chi connectivity index (χ4v) is 2.58. The summed E-state index contributed by atoms with van der Waals surface area (Å²) >= 11 is 0. The standard InChI is InChI=1S/C18H26N4O3/c1-2-25-16(23)9-6-10-20-18(24)21-17(15-7-4-3-5-8-15)22-13-11-19-12-14-22/h3-5,7-8,19H,2,6,9-14H2,1H3,(H,20,24)/b21-17+. The third kappa shape index (κ3) is 6.54. The Bertz CT molecular complexity index is 583. The van der Waals surface area contributed by atoms with Crippen molar-refractivity contribution in [3.63, 3.8) is 0 Å². The summed E-state index contributed by atoms with van der Waals surface area (Å²) in [5, 5.41) is 6.04. The fraction of sp³-hybridized carbons (Fsp3) is 0.500. The SMILES string of the molecule is CCOC(=O)CCCNC(=O)/N=C(\c1ccccc1)N1CCNCC1. The summed E-state index contributed by atoms with van der Waals surface area (Å²) in [6.45, 7) is 5.90. The molecule has 2 N–H and O–H groups in total. The highest BCUT2D eigenvalue weighted by molar-refractivity contribution is 6.04. The number of benzene rings is 1. The molecule has 7 nitrogen and oxygen atoms in total. The van der Waals surface area contributed by atoms with Gasteiger partial charge in [-0.1, -0.05) is 30.3 Å². The molecule has 0 aliphatic carbocycles. The minimum absolute atomic E-state index is 0.244. The van der Waals surface area contributed by atoms with Crippen LogP contribution < -0.4 is 10.6 Å². The van der Waals surface area contributed by atoms with Crippen LogP contribution in [0.2, 0.25) is 0 Å². The predicted molar refractivity (Wildman–Crippen MR) is 96.7 cm³/mol. The molecule has 1 aliphatic rings. The van der Waals surface area contributed by atoms with Crippen molar-refractivity contribution in [2.45, 2.75) is 19.8 Å². The molecule has 0 atom stereocenters. The Morgan fingerprint density at radius 3 is 2.64 bits per heavy atom. The second-order valence-corrected chi connectivity index (χ2v) is 5.68. The summed E-state index contributed by atoms with van der Waals surface area (Å²) in [5.74, 6) is 0.441. The van der Waals surface area contributed by atoms with Gasteiger partial charge in [-0.2, -0.15) is 4.99 Å². The minimum Gasteiger partial charge on any atom is -0.466 e. The molecule has 0 bridgehead atoms. The van der Waals surface area contributed by atoms with Crippen molar-refractivity contribution < 1.29 is 14.3 Å². The molecule has 0 saturated carbocycles. The van der Waals surface area contributed by atoms with Crippen LogP contribution in [-0.2, 0) is 9.53 Å². The molecule has 0 unspecified atom stereocenters. The van der Waals surface area contributed by atoms with E-state index < -0.39 is 0 Å². The molecule has 1 heterocycles. The van der Waals surface area contributed by atoms with Crippen molar-refractivity contribution in [3.05, 3.63) is 35.9 Å². The van der Waals surface area contributed by atoms with Crippen LogP contribution in [-0.4, -0.2) is 62.1 Å². The number of hydrogen-bond acceptors (Lipinski definition) is 4. The van der Waals surface area contributed by atoms with Crippen molar-refractivity contribution in [1.29, 1.82) is 0 Å². The Labute approximate surface area is 148 Å². The molecular formula is C18H26N4O3. The Balaban J connectivity index is 1.94. The van der Waals surface area contributed by atoms with E-state index in [1.165, 1.54) is 0 Å². The van der Waals surface area contributed by atoms with Crippen molar-refractivity contribution in [2.24, 2.45) is 4.99 Å². The summed E-state index contributed by atoms with van der Waals surface area (Å²) in [6.07, 6.45) is 0.829. The maximum absolute atomic E-state index is 12.2. The number of nitrogens with one attached hydrogen (secondary N) is 2. The quantitative estimate of drug-likeness (QED) is 0.352. The Kier molecular flexibility index (Phi) is 7.91. The average molecular weight is 346 g/mol. The van der Waals surface area contributed by atoms with Crippen molar-refractivity contribution >= 4 is 17.8 Å². The smallest absolute Gasteiger partial charge is 0.342 e. The van der Waals surface area contributed by atoms with E-state index >= 15 is 0 Å². The van der Waals surface area contributed by atoms with Crippen LogP contribution in [0.4, 0.5) is 4.79 Å².